The van der Waals surface area contributed by atoms with Gasteiger partial charge in [-0.3, -0.25) is 0 Å². The van der Waals surface area contributed by atoms with Gasteiger partial charge in [0.05, 0.1) is 23.1 Å². The first-order chi connectivity index (χ1) is 9.27. The largest absolute Gasteiger partial charge is 0.478 e. The van der Waals surface area contributed by atoms with Crippen LogP contribution in [0, 0.1) is 0 Å². The summed E-state index contributed by atoms with van der Waals surface area (Å²) in [5.74, 6) is -0.672. The van der Waals surface area contributed by atoms with Crippen LogP contribution in [0.2, 0.25) is 0 Å². The van der Waals surface area contributed by atoms with Gasteiger partial charge < -0.3 is 16.2 Å². The predicted molar refractivity (Wildman–Crippen MR) is 79.7 cm³/mol. The summed E-state index contributed by atoms with van der Waals surface area (Å²) in [6.45, 7) is 6.24. The Hall–Kier alpha value is -2.15. The summed E-state index contributed by atoms with van der Waals surface area (Å²) < 4.78 is 0. The van der Waals surface area contributed by atoms with Crippen molar-refractivity contribution in [2.24, 2.45) is 0 Å². The second-order valence-corrected chi connectivity index (χ2v) is 6.23. The molecule has 106 valence electrons. The minimum Gasteiger partial charge on any atom is -0.478 e. The van der Waals surface area contributed by atoms with Gasteiger partial charge in [-0.1, -0.05) is 20.8 Å². The number of nitrogens with zero attached hydrogens (tertiary/aromatic N) is 2. The molecule has 6 nitrogen and oxygen atoms in total. The van der Waals surface area contributed by atoms with Crippen molar-refractivity contribution in [3.8, 4) is 0 Å². The van der Waals surface area contributed by atoms with Crippen molar-refractivity contribution in [1.82, 2.24) is 9.97 Å². The van der Waals surface area contributed by atoms with Gasteiger partial charge in [0, 0.05) is 10.8 Å². The lowest BCUT2D eigenvalue weighted by molar-refractivity contribution is 0.0698. The van der Waals surface area contributed by atoms with Gasteiger partial charge in [-0.25, -0.2) is 14.8 Å². The van der Waals surface area contributed by atoms with E-state index in [0.717, 1.165) is 5.69 Å². The van der Waals surface area contributed by atoms with Crippen molar-refractivity contribution in [1.29, 1.82) is 0 Å². The van der Waals surface area contributed by atoms with E-state index < -0.39 is 5.97 Å². The summed E-state index contributed by atoms with van der Waals surface area (Å²) in [5, 5.41) is 14.7. The molecule has 0 amide bonds. The third-order valence-electron chi connectivity index (χ3n) is 2.67. The standard InChI is InChI=1S/C13H16N4O2S/c1-13(2,3)9-6-20-12(16-9)17-10-4-7(11(18)19)8(14)5-15-10/h4-6H,14H2,1-3H3,(H,18,19)(H,15,16,17). The van der Waals surface area contributed by atoms with Crippen molar-refractivity contribution >= 4 is 33.9 Å². The average molecular weight is 292 g/mol. The zero-order chi connectivity index (χ0) is 14.9. The molecule has 4 N–H and O–H groups in total. The molecule has 0 atom stereocenters. The number of thiazole rings is 1. The Kier molecular flexibility index (Phi) is 3.63. The van der Waals surface area contributed by atoms with Gasteiger partial charge in [-0.2, -0.15) is 0 Å². The Balaban J connectivity index is 2.24. The maximum absolute atomic E-state index is 11.0. The number of pyridine rings is 1. The number of nitrogens with one attached hydrogen (secondary N) is 1. The molecule has 0 saturated heterocycles. The molecule has 0 spiro atoms. The molecule has 2 aromatic rings. The van der Waals surface area contributed by atoms with Crippen molar-refractivity contribution in [2.75, 3.05) is 11.1 Å². The molecular formula is C13H16N4O2S. The third-order valence-corrected chi connectivity index (χ3v) is 3.43. The van der Waals surface area contributed by atoms with Crippen LogP contribution in [0.4, 0.5) is 16.6 Å². The highest BCUT2D eigenvalue weighted by Crippen LogP contribution is 2.28. The normalized spacial score (nSPS) is 11.3. The molecule has 0 aliphatic rings. The summed E-state index contributed by atoms with van der Waals surface area (Å²) in [5.41, 5.74) is 6.66. The van der Waals surface area contributed by atoms with E-state index in [1.54, 1.807) is 0 Å². The van der Waals surface area contributed by atoms with Crippen LogP contribution in [-0.4, -0.2) is 21.0 Å². The quantitative estimate of drug-likeness (QED) is 0.804. The zero-order valence-corrected chi connectivity index (χ0v) is 12.3. The van der Waals surface area contributed by atoms with E-state index in [1.165, 1.54) is 23.6 Å². The highest BCUT2D eigenvalue weighted by molar-refractivity contribution is 7.13. The second-order valence-electron chi connectivity index (χ2n) is 5.37. The molecule has 0 bridgehead atoms. The van der Waals surface area contributed by atoms with Gasteiger partial charge >= 0.3 is 5.97 Å². The molecule has 0 aliphatic heterocycles. The Labute approximate surface area is 120 Å². The Bertz CT molecular complexity index is 646. The first kappa shape index (κ1) is 14.3. The molecule has 2 rings (SSSR count). The van der Waals surface area contributed by atoms with Gasteiger partial charge in [0.25, 0.3) is 0 Å². The first-order valence-electron chi connectivity index (χ1n) is 5.99. The van der Waals surface area contributed by atoms with Crippen LogP contribution in [0.5, 0.6) is 0 Å². The van der Waals surface area contributed by atoms with Crippen LogP contribution >= 0.6 is 11.3 Å². The van der Waals surface area contributed by atoms with E-state index in [2.05, 4.69) is 36.1 Å². The minimum absolute atomic E-state index is 0.0232. The number of aromatic nitrogens is 2. The molecule has 2 heterocycles. The highest BCUT2D eigenvalue weighted by Gasteiger charge is 2.18. The van der Waals surface area contributed by atoms with Crippen LogP contribution < -0.4 is 11.1 Å². The summed E-state index contributed by atoms with van der Waals surface area (Å²) in [6, 6.07) is 1.40. The molecule has 0 radical (unpaired) electrons. The summed E-state index contributed by atoms with van der Waals surface area (Å²) in [4.78, 5) is 19.5. The first-order valence-corrected chi connectivity index (χ1v) is 6.87. The van der Waals surface area contributed by atoms with Crippen LogP contribution in [0.15, 0.2) is 17.6 Å². The number of anilines is 3. The smallest absolute Gasteiger partial charge is 0.337 e. The predicted octanol–water partition coefficient (Wildman–Crippen LogP) is 2.86. The molecule has 0 fully saturated rings. The lowest BCUT2D eigenvalue weighted by Gasteiger charge is -2.14. The van der Waals surface area contributed by atoms with E-state index in [-0.39, 0.29) is 16.7 Å². The average Bonchev–Trinajstić information content (AvgIpc) is 2.79. The Morgan fingerprint density at radius 3 is 2.70 bits per heavy atom. The number of nitrogens with two attached hydrogens (primary N) is 1. The molecule has 0 saturated carbocycles. The number of carboxylic acid groups (broad SMARTS) is 1. The SMILES string of the molecule is CC(C)(C)c1csc(Nc2cc(C(=O)O)c(N)cn2)n1. The maximum atomic E-state index is 11.0. The van der Waals surface area contributed by atoms with Crippen molar-refractivity contribution in [2.45, 2.75) is 26.2 Å². The minimum atomic E-state index is -1.08. The highest BCUT2D eigenvalue weighted by atomic mass is 32.1. The molecule has 0 aliphatic carbocycles. The fourth-order valence-electron chi connectivity index (χ4n) is 1.50. The van der Waals surface area contributed by atoms with Crippen molar-refractivity contribution in [3.63, 3.8) is 0 Å². The van der Waals surface area contributed by atoms with Crippen LogP contribution in [0.1, 0.15) is 36.8 Å². The Morgan fingerprint density at radius 1 is 1.45 bits per heavy atom. The fourth-order valence-corrected chi connectivity index (χ4v) is 2.45. The number of carboxylic acids is 1. The summed E-state index contributed by atoms with van der Waals surface area (Å²) in [6.07, 6.45) is 1.32. The molecule has 20 heavy (non-hydrogen) atoms. The van der Waals surface area contributed by atoms with Crippen LogP contribution in [-0.2, 0) is 5.41 Å². The van der Waals surface area contributed by atoms with Gasteiger partial charge in [0.2, 0.25) is 0 Å². The third kappa shape index (κ3) is 3.05. The van der Waals surface area contributed by atoms with Crippen LogP contribution in [0.25, 0.3) is 0 Å². The molecule has 0 aromatic carbocycles. The van der Waals surface area contributed by atoms with Gasteiger partial charge in [-0.05, 0) is 6.07 Å². The number of rotatable bonds is 3. The van der Waals surface area contributed by atoms with Crippen molar-refractivity contribution < 1.29 is 9.90 Å². The van der Waals surface area contributed by atoms with Gasteiger partial charge in [-0.15, -0.1) is 11.3 Å². The number of hydrogen-bond donors (Lipinski definition) is 3. The molecular weight excluding hydrogens is 276 g/mol. The topological polar surface area (TPSA) is 101 Å². The number of hydrogen-bond acceptors (Lipinski definition) is 6. The lowest BCUT2D eigenvalue weighted by atomic mass is 9.93. The Morgan fingerprint density at radius 2 is 2.15 bits per heavy atom. The lowest BCUT2D eigenvalue weighted by Crippen LogP contribution is -2.11. The van der Waals surface area contributed by atoms with E-state index in [1.807, 2.05) is 5.38 Å². The monoisotopic (exact) mass is 292 g/mol. The van der Waals surface area contributed by atoms with E-state index >= 15 is 0 Å². The maximum Gasteiger partial charge on any atom is 0.337 e. The number of aromatic carboxylic acids is 1. The van der Waals surface area contributed by atoms with Crippen LogP contribution in [0.3, 0.4) is 0 Å². The van der Waals surface area contributed by atoms with Crippen molar-refractivity contribution in [3.05, 3.63) is 28.9 Å². The second kappa shape index (κ2) is 5.09. The van der Waals surface area contributed by atoms with Gasteiger partial charge in [0.15, 0.2) is 5.13 Å². The molecule has 2 aromatic heterocycles. The van der Waals surface area contributed by atoms with Gasteiger partial charge in [0.1, 0.15) is 5.82 Å². The fraction of sp³-hybridized carbons (Fsp3) is 0.308. The summed E-state index contributed by atoms with van der Waals surface area (Å²) in [7, 11) is 0. The molecule has 0 unspecified atom stereocenters. The number of carbonyl (C=O) groups is 1. The van der Waals surface area contributed by atoms with E-state index in [0.29, 0.717) is 10.9 Å². The van der Waals surface area contributed by atoms with E-state index in [9.17, 15) is 4.79 Å². The molecule has 7 heteroatoms. The summed E-state index contributed by atoms with van der Waals surface area (Å²) >= 11 is 1.45. The van der Waals surface area contributed by atoms with E-state index in [4.69, 9.17) is 10.8 Å². The number of nitrogen functional groups attached to an aromatic ring is 1. The zero-order valence-electron chi connectivity index (χ0n) is 11.5.